The number of phosphoric ester groups is 3. The molecule has 8 unspecified atom stereocenters. The number of ether oxygens (including phenoxy) is 1. The van der Waals surface area contributed by atoms with E-state index in [1.165, 1.54) is 13.8 Å². The zero-order valence-electron chi connectivity index (χ0n) is 34.6. The molecule has 0 aliphatic carbocycles. The second-order valence-corrected chi connectivity index (χ2v) is 20.2. The quantitative estimate of drug-likeness (QED) is 0.0298. The summed E-state index contributed by atoms with van der Waals surface area (Å²) in [6.45, 7) is 0.258. The lowest BCUT2D eigenvalue weighted by atomic mass is 9.87. The SMILES string of the molecule is CC(C)(COP(=O)(O)OP(=O)(O)OCC1OC(n2cnc3c(N)ncnc32)C(O)C1OP(=O)(O)O)C(O)C(=O)NCCC(=O)NCCSC(=O)CC(O)CCC/C=C/CCCC(=O)O. The van der Waals surface area contributed by atoms with Gasteiger partial charge in [-0.15, -0.1) is 0 Å². The fourth-order valence-corrected chi connectivity index (χ4v) is 9.30. The molecule has 0 aromatic carbocycles. The van der Waals surface area contributed by atoms with Crippen LogP contribution >= 0.6 is 35.2 Å². The van der Waals surface area contributed by atoms with Crippen molar-refractivity contribution in [1.29, 1.82) is 0 Å². The van der Waals surface area contributed by atoms with E-state index in [0.717, 1.165) is 29.0 Å². The van der Waals surface area contributed by atoms with Gasteiger partial charge in [-0.05, 0) is 32.1 Å². The number of nitrogens with zero attached hydrogens (tertiary/aromatic N) is 4. The molecule has 1 fully saturated rings. The van der Waals surface area contributed by atoms with E-state index in [0.29, 0.717) is 32.1 Å². The van der Waals surface area contributed by atoms with E-state index in [4.69, 9.17) is 24.6 Å². The Morgan fingerprint density at radius 2 is 1.66 bits per heavy atom. The van der Waals surface area contributed by atoms with Crippen LogP contribution in [0.4, 0.5) is 5.82 Å². The van der Waals surface area contributed by atoms with Crippen molar-refractivity contribution in [2.24, 2.45) is 5.41 Å². The molecule has 3 heterocycles. The number of nitrogens with one attached hydrogen (secondary N) is 2. The van der Waals surface area contributed by atoms with Crippen LogP contribution in [0.3, 0.4) is 0 Å². The van der Waals surface area contributed by atoms with Gasteiger partial charge in [-0.2, -0.15) is 4.31 Å². The first-order valence-corrected chi connectivity index (χ1v) is 24.9. The number of carboxylic acids is 1. The Bertz CT molecular complexity index is 2070. The maximum atomic E-state index is 12.7. The van der Waals surface area contributed by atoms with Crippen molar-refractivity contribution < 1.29 is 95.5 Å². The van der Waals surface area contributed by atoms with Gasteiger partial charge in [0.05, 0.1) is 25.6 Å². The van der Waals surface area contributed by atoms with Gasteiger partial charge < -0.3 is 61.1 Å². The summed E-state index contributed by atoms with van der Waals surface area (Å²) in [4.78, 5) is 98.5. The molecule has 8 atom stereocenters. The Morgan fingerprint density at radius 3 is 2.33 bits per heavy atom. The maximum absolute atomic E-state index is 12.7. The fraction of sp³-hybridized carbons (Fsp3) is 0.667. The summed E-state index contributed by atoms with van der Waals surface area (Å²) in [5, 5.41) is 44.8. The molecule has 2 aromatic rings. The third-order valence-corrected chi connectivity index (χ3v) is 13.0. The average molecular weight is 994 g/mol. The van der Waals surface area contributed by atoms with Gasteiger partial charge in [0.25, 0.3) is 0 Å². The minimum absolute atomic E-state index is 0.0193. The molecule has 0 bridgehead atoms. The lowest BCUT2D eigenvalue weighted by Gasteiger charge is -2.30. The van der Waals surface area contributed by atoms with Crippen molar-refractivity contribution in [1.82, 2.24) is 30.2 Å². The number of unbranched alkanes of at least 4 members (excludes halogenated alkanes) is 2. The number of phosphoric acid groups is 3. The smallest absolute Gasteiger partial charge is 0.481 e. The summed E-state index contributed by atoms with van der Waals surface area (Å²) in [5.74, 6) is -2.19. The van der Waals surface area contributed by atoms with Crippen LogP contribution in [-0.4, -0.2) is 145 Å². The van der Waals surface area contributed by atoms with E-state index >= 15 is 0 Å². The molecule has 0 spiro atoms. The number of aliphatic hydroxyl groups excluding tert-OH is 3. The predicted molar refractivity (Wildman–Crippen MR) is 222 cm³/mol. The van der Waals surface area contributed by atoms with Gasteiger partial charge in [0, 0.05) is 43.5 Å². The van der Waals surface area contributed by atoms with E-state index in [2.05, 4.69) is 34.4 Å². The lowest BCUT2D eigenvalue weighted by molar-refractivity contribution is -0.137. The number of aromatic nitrogens is 4. The number of hydrogen-bond acceptors (Lipinski definition) is 20. The number of carboxylic acid groups (broad SMARTS) is 1. The highest BCUT2D eigenvalue weighted by molar-refractivity contribution is 8.13. The van der Waals surface area contributed by atoms with Crippen LogP contribution in [0, 0.1) is 5.41 Å². The van der Waals surface area contributed by atoms with E-state index in [1.54, 1.807) is 0 Å². The number of carbonyl (C=O) groups excluding carboxylic acids is 3. The van der Waals surface area contributed by atoms with E-state index < -0.39 is 96.6 Å². The highest BCUT2D eigenvalue weighted by Gasteiger charge is 2.50. The van der Waals surface area contributed by atoms with Crippen LogP contribution in [-0.2, 0) is 55.5 Å². The summed E-state index contributed by atoms with van der Waals surface area (Å²) >= 11 is 0.932. The van der Waals surface area contributed by atoms with E-state index in [9.17, 15) is 67.8 Å². The number of imidazole rings is 1. The molecule has 2 aromatic heterocycles. The molecule has 2 amide bonds. The third kappa shape index (κ3) is 18.9. The number of allylic oxidation sites excluding steroid dienone is 2. The van der Waals surface area contributed by atoms with Crippen molar-refractivity contribution >= 4 is 75.1 Å². The molecule has 362 valence electrons. The normalized spacial score (nSPS) is 21.0. The highest BCUT2D eigenvalue weighted by atomic mass is 32.2. The van der Waals surface area contributed by atoms with Crippen molar-refractivity contribution in [2.45, 2.75) is 102 Å². The second-order valence-electron chi connectivity index (χ2n) is 14.8. The first-order valence-electron chi connectivity index (χ1n) is 19.4. The molecular weight excluding hydrogens is 939 g/mol. The average Bonchev–Trinajstić information content (AvgIpc) is 3.75. The van der Waals surface area contributed by atoms with Crippen LogP contribution in [0.25, 0.3) is 11.2 Å². The molecule has 0 saturated carbocycles. The third-order valence-electron chi connectivity index (χ3n) is 9.00. The van der Waals surface area contributed by atoms with Gasteiger partial charge in [-0.25, -0.2) is 28.6 Å². The number of rotatable bonds is 29. The van der Waals surface area contributed by atoms with Crippen molar-refractivity contribution in [3.8, 4) is 0 Å². The van der Waals surface area contributed by atoms with Gasteiger partial charge >= 0.3 is 29.4 Å². The molecule has 1 aliphatic rings. The van der Waals surface area contributed by atoms with Gasteiger partial charge in [0.2, 0.25) is 11.8 Å². The largest absolute Gasteiger partial charge is 0.481 e. The number of aliphatic carboxylic acids is 1. The van der Waals surface area contributed by atoms with Crippen LogP contribution in [0.1, 0.15) is 71.4 Å². The number of hydrogen-bond donors (Lipinski definition) is 11. The van der Waals surface area contributed by atoms with Crippen molar-refractivity contribution in [3.05, 3.63) is 24.8 Å². The standard InChI is InChI=1S/C33H54N7O20P3S/c1-33(2,28(47)31(48)36-12-11-22(42)35-13-14-64-24(45)15-20(41)9-7-5-3-4-6-8-10-23(43)44)17-57-63(54,55)60-62(52,53)56-16-21-27(59-61(49,50)51)26(46)32(58-21)40-19-39-25-29(34)37-18-38-30(25)40/h3-4,18-21,26-28,32,41,46-47H,5-17H2,1-2H3,(H,35,42)(H,36,48)(H,43,44)(H,52,53)(H,54,55)(H2,34,37,38)(H2,49,50,51)/b4-3+. The van der Waals surface area contributed by atoms with Crippen LogP contribution in [0.2, 0.25) is 0 Å². The van der Waals surface area contributed by atoms with Crippen LogP contribution in [0.15, 0.2) is 24.8 Å². The number of carbonyl (C=O) groups is 4. The molecule has 0 radical (unpaired) electrons. The second kappa shape index (κ2) is 25.0. The molecule has 1 saturated heterocycles. The summed E-state index contributed by atoms with van der Waals surface area (Å²) in [6, 6.07) is 0. The predicted octanol–water partition coefficient (Wildman–Crippen LogP) is 0.397. The monoisotopic (exact) mass is 993 g/mol. The topological polar surface area (TPSA) is 421 Å². The van der Waals surface area contributed by atoms with Gasteiger partial charge in [0.15, 0.2) is 22.8 Å². The number of nitrogen functional groups attached to an aromatic ring is 1. The Balaban J connectivity index is 1.37. The molecule has 64 heavy (non-hydrogen) atoms. The lowest BCUT2D eigenvalue weighted by Crippen LogP contribution is -2.46. The van der Waals surface area contributed by atoms with Crippen LogP contribution < -0.4 is 16.4 Å². The number of nitrogens with two attached hydrogens (primary N) is 1. The Kier molecular flexibility index (Phi) is 21.5. The number of fused-ring (bicyclic) bond motifs is 1. The molecule has 1 aliphatic heterocycles. The molecule has 3 rings (SSSR count). The molecule has 31 heteroatoms. The zero-order valence-corrected chi connectivity index (χ0v) is 38.1. The number of anilines is 1. The minimum atomic E-state index is -5.60. The summed E-state index contributed by atoms with van der Waals surface area (Å²) in [5.41, 5.74) is 4.21. The van der Waals surface area contributed by atoms with Crippen LogP contribution in [0.5, 0.6) is 0 Å². The summed E-state index contributed by atoms with van der Waals surface area (Å²) in [6.07, 6.45) is -1.16. The van der Waals surface area contributed by atoms with Crippen molar-refractivity contribution in [3.63, 3.8) is 0 Å². The van der Waals surface area contributed by atoms with Gasteiger partial charge in [-0.1, -0.05) is 37.8 Å². The molecule has 27 nitrogen and oxygen atoms in total. The zero-order chi connectivity index (χ0) is 47.9. The maximum Gasteiger partial charge on any atom is 0.481 e. The van der Waals surface area contributed by atoms with Gasteiger partial charge in [0.1, 0.15) is 36.3 Å². The Labute approximate surface area is 369 Å². The number of aliphatic hydroxyl groups is 3. The molecular formula is C33H54N7O20P3S. The minimum Gasteiger partial charge on any atom is -0.481 e. The van der Waals surface area contributed by atoms with Gasteiger partial charge in [-0.3, -0.25) is 37.3 Å². The van der Waals surface area contributed by atoms with E-state index in [1.807, 2.05) is 12.2 Å². The summed E-state index contributed by atoms with van der Waals surface area (Å²) < 4.78 is 62.2. The first-order chi connectivity index (χ1) is 29.8. The van der Waals surface area contributed by atoms with Crippen molar-refractivity contribution in [2.75, 3.05) is 37.8 Å². The first kappa shape index (κ1) is 55.1. The Morgan fingerprint density at radius 1 is 0.984 bits per heavy atom. The number of thioether (sulfide) groups is 1. The Hall–Kier alpha value is -3.27. The molecule has 12 N–H and O–H groups in total. The highest BCUT2D eigenvalue weighted by Crippen LogP contribution is 2.61. The fourth-order valence-electron chi connectivity index (χ4n) is 5.73. The summed E-state index contributed by atoms with van der Waals surface area (Å²) in [7, 11) is -16.5. The van der Waals surface area contributed by atoms with E-state index in [-0.39, 0.29) is 60.2 Å². The number of amides is 2.